The van der Waals surface area contributed by atoms with Crippen LogP contribution >= 0.6 is 0 Å². The quantitative estimate of drug-likeness (QED) is 0.764. The van der Waals surface area contributed by atoms with Gasteiger partial charge in [-0.05, 0) is 37.3 Å². The lowest BCUT2D eigenvalue weighted by molar-refractivity contribution is -0.116. The molecule has 0 bridgehead atoms. The Hall–Kier alpha value is -1.44. The van der Waals surface area contributed by atoms with Crippen LogP contribution in [0, 0.1) is 6.92 Å². The molecule has 7 heteroatoms. The molecule has 1 N–H and O–H groups in total. The first-order valence-corrected chi connectivity index (χ1v) is 10.6. The van der Waals surface area contributed by atoms with Crippen LogP contribution < -0.4 is 5.32 Å². The van der Waals surface area contributed by atoms with E-state index in [2.05, 4.69) is 5.32 Å². The number of ether oxygens (including phenoxy) is 1. The van der Waals surface area contributed by atoms with Gasteiger partial charge in [-0.2, -0.15) is 4.31 Å². The summed E-state index contributed by atoms with van der Waals surface area (Å²) in [5.74, 6) is -0.176. The molecule has 1 amide bonds. The third-order valence-corrected chi connectivity index (χ3v) is 5.76. The van der Waals surface area contributed by atoms with Gasteiger partial charge in [0.2, 0.25) is 15.9 Å². The van der Waals surface area contributed by atoms with Crippen molar-refractivity contribution in [2.24, 2.45) is 0 Å². The maximum atomic E-state index is 12.3. The average Bonchev–Trinajstić information content (AvgIpc) is 3.05. The molecule has 1 saturated heterocycles. The van der Waals surface area contributed by atoms with Crippen LogP contribution in [0.15, 0.2) is 18.2 Å². The number of sulfonamides is 1. The highest BCUT2D eigenvalue weighted by atomic mass is 32.2. The van der Waals surface area contributed by atoms with Crippen molar-refractivity contribution in [2.45, 2.75) is 45.6 Å². The molecule has 1 heterocycles. The Morgan fingerprint density at radius 1 is 1.40 bits per heavy atom. The number of carbonyl (C=O) groups excluding carboxylic acids is 1. The van der Waals surface area contributed by atoms with Gasteiger partial charge in [0.05, 0.1) is 12.4 Å². The molecule has 6 nitrogen and oxygen atoms in total. The molecule has 1 atom stereocenters. The van der Waals surface area contributed by atoms with E-state index >= 15 is 0 Å². The smallest absolute Gasteiger partial charge is 0.225 e. The van der Waals surface area contributed by atoms with Crippen LogP contribution in [0.5, 0.6) is 0 Å². The fourth-order valence-corrected chi connectivity index (χ4v) is 3.90. The molecule has 2 rings (SSSR count). The number of nitrogens with zero attached hydrogens (tertiary/aromatic N) is 1. The molecule has 1 aliphatic heterocycles. The number of hydrogen-bond donors (Lipinski definition) is 1. The van der Waals surface area contributed by atoms with Crippen molar-refractivity contribution in [3.63, 3.8) is 0 Å². The summed E-state index contributed by atoms with van der Waals surface area (Å²) >= 11 is 0. The first-order valence-electron chi connectivity index (χ1n) is 8.76. The number of aryl methyl sites for hydroxylation is 2. The topological polar surface area (TPSA) is 75.7 Å². The average molecular weight is 368 g/mol. The van der Waals surface area contributed by atoms with Gasteiger partial charge < -0.3 is 10.1 Å². The Balaban J connectivity index is 1.97. The van der Waals surface area contributed by atoms with Crippen LogP contribution in [0.4, 0.5) is 5.69 Å². The molecule has 0 radical (unpaired) electrons. The highest BCUT2D eigenvalue weighted by Gasteiger charge is 2.25. The van der Waals surface area contributed by atoms with E-state index in [1.165, 1.54) is 10.6 Å². The van der Waals surface area contributed by atoms with Crippen molar-refractivity contribution in [2.75, 3.05) is 31.3 Å². The van der Waals surface area contributed by atoms with Gasteiger partial charge >= 0.3 is 0 Å². The molecule has 1 fully saturated rings. The minimum absolute atomic E-state index is 0.0687. The molecule has 1 aromatic carbocycles. The molecule has 1 aromatic rings. The standard InChI is InChI=1S/C18H28N2O4S/c1-4-15-8-5-7-14(2)18(15)19-17(21)10-11-20(25(3,22)23)13-16-9-6-12-24-16/h5,7-8,16H,4,6,9-13H2,1-3H3,(H,19,21). The normalized spacial score (nSPS) is 17.8. The van der Waals surface area contributed by atoms with E-state index in [0.29, 0.717) is 13.2 Å². The van der Waals surface area contributed by atoms with Crippen LogP contribution in [0.1, 0.15) is 37.3 Å². The lowest BCUT2D eigenvalue weighted by Gasteiger charge is -2.23. The van der Waals surface area contributed by atoms with E-state index in [1.807, 2.05) is 32.0 Å². The van der Waals surface area contributed by atoms with E-state index in [1.54, 1.807) is 0 Å². The summed E-state index contributed by atoms with van der Waals surface area (Å²) in [6.07, 6.45) is 3.87. The number of hydrogen-bond acceptors (Lipinski definition) is 4. The molecule has 0 aliphatic carbocycles. The number of rotatable bonds is 8. The summed E-state index contributed by atoms with van der Waals surface area (Å²) in [5.41, 5.74) is 2.92. The number of carbonyl (C=O) groups is 1. The third kappa shape index (κ3) is 5.80. The molecule has 1 unspecified atom stereocenters. The summed E-state index contributed by atoms with van der Waals surface area (Å²) in [6.45, 7) is 5.15. The Labute approximate surface area is 150 Å². The Kier molecular flexibility index (Phi) is 6.98. The van der Waals surface area contributed by atoms with Crippen molar-refractivity contribution in [1.82, 2.24) is 4.31 Å². The van der Waals surface area contributed by atoms with Crippen molar-refractivity contribution in [3.05, 3.63) is 29.3 Å². The van der Waals surface area contributed by atoms with Crippen LogP contribution in [0.2, 0.25) is 0 Å². The number of benzene rings is 1. The number of nitrogens with one attached hydrogen (secondary N) is 1. The Morgan fingerprint density at radius 3 is 2.76 bits per heavy atom. The SMILES string of the molecule is CCc1cccc(C)c1NC(=O)CCN(CC1CCCO1)S(C)(=O)=O. The number of para-hydroxylation sites is 1. The van der Waals surface area contributed by atoms with Gasteiger partial charge in [0, 0.05) is 31.8 Å². The van der Waals surface area contributed by atoms with E-state index in [9.17, 15) is 13.2 Å². The summed E-state index contributed by atoms with van der Waals surface area (Å²) in [5, 5.41) is 2.94. The first-order chi connectivity index (χ1) is 11.8. The lowest BCUT2D eigenvalue weighted by Crippen LogP contribution is -2.38. The van der Waals surface area contributed by atoms with E-state index in [4.69, 9.17) is 4.74 Å². The minimum atomic E-state index is -3.37. The maximum absolute atomic E-state index is 12.3. The Morgan fingerprint density at radius 2 is 2.16 bits per heavy atom. The second-order valence-electron chi connectivity index (χ2n) is 6.52. The second kappa shape index (κ2) is 8.78. The van der Waals surface area contributed by atoms with Crippen LogP contribution in [-0.2, 0) is 26.0 Å². The summed E-state index contributed by atoms with van der Waals surface area (Å²) < 4.78 is 30.8. The predicted octanol–water partition coefficient (Wildman–Crippen LogP) is 2.33. The lowest BCUT2D eigenvalue weighted by atomic mass is 10.1. The zero-order valence-corrected chi connectivity index (χ0v) is 16.1. The number of anilines is 1. The van der Waals surface area contributed by atoms with Crippen LogP contribution in [-0.4, -0.2) is 50.7 Å². The molecule has 0 saturated carbocycles. The monoisotopic (exact) mass is 368 g/mol. The highest BCUT2D eigenvalue weighted by molar-refractivity contribution is 7.88. The molecular formula is C18H28N2O4S. The Bertz CT molecular complexity index is 697. The summed E-state index contributed by atoms with van der Waals surface area (Å²) in [7, 11) is -3.37. The second-order valence-corrected chi connectivity index (χ2v) is 8.50. The largest absolute Gasteiger partial charge is 0.377 e. The number of amides is 1. The molecule has 0 spiro atoms. The van der Waals surface area contributed by atoms with Gasteiger partial charge in [-0.15, -0.1) is 0 Å². The van der Waals surface area contributed by atoms with Gasteiger partial charge in [-0.25, -0.2) is 8.42 Å². The fourth-order valence-electron chi connectivity index (χ4n) is 3.04. The highest BCUT2D eigenvalue weighted by Crippen LogP contribution is 2.21. The van der Waals surface area contributed by atoms with Gasteiger partial charge in [0.1, 0.15) is 0 Å². The van der Waals surface area contributed by atoms with Gasteiger partial charge in [-0.3, -0.25) is 4.79 Å². The zero-order valence-electron chi connectivity index (χ0n) is 15.2. The van der Waals surface area contributed by atoms with Crippen molar-refractivity contribution < 1.29 is 17.9 Å². The van der Waals surface area contributed by atoms with Gasteiger partial charge in [0.25, 0.3) is 0 Å². The van der Waals surface area contributed by atoms with Crippen LogP contribution in [0.3, 0.4) is 0 Å². The summed E-state index contributed by atoms with van der Waals surface area (Å²) in [4.78, 5) is 12.3. The van der Waals surface area contributed by atoms with E-state index in [0.717, 1.165) is 36.1 Å². The molecule has 0 aromatic heterocycles. The van der Waals surface area contributed by atoms with Gasteiger partial charge in [0.15, 0.2) is 0 Å². The van der Waals surface area contributed by atoms with Crippen molar-refractivity contribution in [1.29, 1.82) is 0 Å². The molecular weight excluding hydrogens is 340 g/mol. The predicted molar refractivity (Wildman–Crippen MR) is 99.2 cm³/mol. The fraction of sp³-hybridized carbons (Fsp3) is 0.611. The first kappa shape index (κ1) is 19.9. The molecule has 140 valence electrons. The molecule has 1 aliphatic rings. The third-order valence-electron chi connectivity index (χ3n) is 4.49. The molecule has 25 heavy (non-hydrogen) atoms. The van der Waals surface area contributed by atoms with E-state index < -0.39 is 10.0 Å². The maximum Gasteiger partial charge on any atom is 0.225 e. The van der Waals surface area contributed by atoms with Crippen molar-refractivity contribution in [3.8, 4) is 0 Å². The van der Waals surface area contributed by atoms with E-state index in [-0.39, 0.29) is 25.0 Å². The van der Waals surface area contributed by atoms with Crippen LogP contribution in [0.25, 0.3) is 0 Å². The zero-order chi connectivity index (χ0) is 18.4. The minimum Gasteiger partial charge on any atom is -0.377 e. The summed E-state index contributed by atoms with van der Waals surface area (Å²) in [6, 6.07) is 5.91. The van der Waals surface area contributed by atoms with Crippen molar-refractivity contribution >= 4 is 21.6 Å². The van der Waals surface area contributed by atoms with Gasteiger partial charge in [-0.1, -0.05) is 25.1 Å².